The number of aryl methyl sites for hydroxylation is 2. The standard InChI is InChI=1S/C28H26FN5O3S/c1-19-3-9-24(10-4-19)38(36,37)33-13-11-21-15-25-20(17-31-34(25)23-7-5-22(29)6-8-23)16-28(21,18-33)26(35)27-30-12-14-32(27)2/h3-10,12,14-15,17H,11,13,16,18H2,1-2H3. The van der Waals surface area contributed by atoms with Gasteiger partial charge in [0, 0.05) is 32.5 Å². The Morgan fingerprint density at radius 3 is 2.50 bits per heavy atom. The highest BCUT2D eigenvalue weighted by Gasteiger charge is 2.52. The number of rotatable bonds is 5. The Morgan fingerprint density at radius 2 is 1.82 bits per heavy atom. The van der Waals surface area contributed by atoms with Crippen LogP contribution in [0, 0.1) is 18.2 Å². The minimum atomic E-state index is -3.83. The zero-order chi connectivity index (χ0) is 26.7. The summed E-state index contributed by atoms with van der Waals surface area (Å²) in [5.74, 6) is -0.282. The molecule has 0 amide bonds. The van der Waals surface area contributed by atoms with Crippen molar-refractivity contribution in [3.63, 3.8) is 0 Å². The lowest BCUT2D eigenvalue weighted by Gasteiger charge is -2.44. The first-order valence-corrected chi connectivity index (χ1v) is 13.8. The smallest absolute Gasteiger partial charge is 0.243 e. The van der Waals surface area contributed by atoms with Gasteiger partial charge in [-0.1, -0.05) is 23.3 Å². The van der Waals surface area contributed by atoms with Gasteiger partial charge in [0.1, 0.15) is 5.82 Å². The van der Waals surface area contributed by atoms with E-state index in [0.717, 1.165) is 22.4 Å². The van der Waals surface area contributed by atoms with Crippen LogP contribution in [0.5, 0.6) is 0 Å². The van der Waals surface area contributed by atoms with Crippen LogP contribution in [0.15, 0.2) is 77.6 Å². The molecule has 10 heteroatoms. The molecule has 0 saturated carbocycles. The van der Waals surface area contributed by atoms with Crippen LogP contribution >= 0.6 is 0 Å². The molecular formula is C28H26FN5O3S. The van der Waals surface area contributed by atoms with Crippen molar-refractivity contribution in [2.75, 3.05) is 13.1 Å². The lowest BCUT2D eigenvalue weighted by Crippen LogP contribution is -2.53. The Morgan fingerprint density at radius 1 is 1.08 bits per heavy atom. The van der Waals surface area contributed by atoms with E-state index in [9.17, 15) is 17.6 Å². The minimum absolute atomic E-state index is 0.00189. The number of hydrogen-bond acceptors (Lipinski definition) is 5. The third kappa shape index (κ3) is 3.83. The number of benzene rings is 2. The average Bonchev–Trinajstić information content (AvgIpc) is 3.52. The summed E-state index contributed by atoms with van der Waals surface area (Å²) in [6.07, 6.45) is 7.59. The van der Waals surface area contributed by atoms with Gasteiger partial charge in [-0.2, -0.15) is 9.40 Å². The number of Topliss-reactive ketones (excluding diaryl/α,β-unsaturated/α-hetero) is 1. The fourth-order valence-electron chi connectivity index (χ4n) is 5.47. The van der Waals surface area contributed by atoms with Gasteiger partial charge >= 0.3 is 0 Å². The Bertz CT molecular complexity index is 1690. The van der Waals surface area contributed by atoms with E-state index in [1.54, 1.807) is 71.3 Å². The van der Waals surface area contributed by atoms with Crippen molar-refractivity contribution in [3.8, 4) is 5.69 Å². The summed E-state index contributed by atoms with van der Waals surface area (Å²) in [5, 5.41) is 4.54. The number of nitrogens with zero attached hydrogens (tertiary/aromatic N) is 5. The van der Waals surface area contributed by atoms with Gasteiger partial charge in [-0.15, -0.1) is 0 Å². The van der Waals surface area contributed by atoms with Crippen molar-refractivity contribution in [3.05, 3.63) is 101 Å². The van der Waals surface area contributed by atoms with E-state index in [4.69, 9.17) is 0 Å². The summed E-state index contributed by atoms with van der Waals surface area (Å²) in [6.45, 7) is 2.15. The zero-order valence-electron chi connectivity index (χ0n) is 21.0. The quantitative estimate of drug-likeness (QED) is 0.364. The van der Waals surface area contributed by atoms with E-state index in [0.29, 0.717) is 12.1 Å². The molecule has 3 heterocycles. The number of carbonyl (C=O) groups is 1. The van der Waals surface area contributed by atoms with Gasteiger partial charge in [0.25, 0.3) is 0 Å². The van der Waals surface area contributed by atoms with Crippen molar-refractivity contribution in [2.24, 2.45) is 12.5 Å². The van der Waals surface area contributed by atoms with Crippen molar-refractivity contribution >= 4 is 21.9 Å². The van der Waals surface area contributed by atoms with E-state index < -0.39 is 15.4 Å². The summed E-state index contributed by atoms with van der Waals surface area (Å²) in [6, 6.07) is 12.8. The third-order valence-electron chi connectivity index (χ3n) is 7.57. The number of carbonyl (C=O) groups excluding carboxylic acids is 1. The molecule has 0 bridgehead atoms. The minimum Gasteiger partial charge on any atom is -0.332 e. The second kappa shape index (κ2) is 8.85. The van der Waals surface area contributed by atoms with Crippen LogP contribution in [-0.2, 0) is 23.5 Å². The second-order valence-corrected chi connectivity index (χ2v) is 11.9. The Hall–Kier alpha value is -3.89. The van der Waals surface area contributed by atoms with Crippen molar-refractivity contribution in [2.45, 2.75) is 24.7 Å². The molecule has 0 radical (unpaired) electrons. The number of fused-ring (bicyclic) bond motifs is 2. The lowest BCUT2D eigenvalue weighted by atomic mass is 9.66. The molecule has 1 aliphatic heterocycles. The molecular weight excluding hydrogens is 505 g/mol. The Kier molecular flexibility index (Phi) is 5.69. The largest absolute Gasteiger partial charge is 0.332 e. The number of aromatic nitrogens is 4. The fraction of sp³-hybridized carbons (Fsp3) is 0.250. The highest BCUT2D eigenvalue weighted by Crippen LogP contribution is 2.47. The number of ketones is 1. The number of sulfonamides is 1. The topological polar surface area (TPSA) is 90.1 Å². The van der Waals surface area contributed by atoms with E-state index in [1.807, 2.05) is 13.0 Å². The molecule has 4 aromatic rings. The molecule has 1 atom stereocenters. The number of piperidine rings is 1. The van der Waals surface area contributed by atoms with Gasteiger partial charge in [0.2, 0.25) is 15.8 Å². The van der Waals surface area contributed by atoms with Crippen molar-refractivity contribution in [1.82, 2.24) is 23.6 Å². The Labute approximate surface area is 220 Å². The molecule has 1 aliphatic carbocycles. The maximum Gasteiger partial charge on any atom is 0.243 e. The monoisotopic (exact) mass is 531 g/mol. The first kappa shape index (κ1) is 24.4. The van der Waals surface area contributed by atoms with Crippen LogP contribution in [0.1, 0.15) is 33.9 Å². The molecule has 194 valence electrons. The third-order valence-corrected chi connectivity index (χ3v) is 9.43. The summed E-state index contributed by atoms with van der Waals surface area (Å²) in [5.41, 5.74) is 3.01. The highest BCUT2D eigenvalue weighted by atomic mass is 32.2. The molecule has 0 spiro atoms. The summed E-state index contributed by atoms with van der Waals surface area (Å²) in [7, 11) is -2.07. The van der Waals surface area contributed by atoms with Crippen LogP contribution < -0.4 is 0 Å². The van der Waals surface area contributed by atoms with Gasteiger partial charge in [-0.3, -0.25) is 4.79 Å². The molecule has 1 saturated heterocycles. The van der Waals surface area contributed by atoms with Gasteiger partial charge in [0.05, 0.1) is 27.9 Å². The number of hydrogen-bond donors (Lipinski definition) is 0. The van der Waals surface area contributed by atoms with Crippen LogP contribution in [0.4, 0.5) is 4.39 Å². The molecule has 8 nitrogen and oxygen atoms in total. The first-order chi connectivity index (χ1) is 18.2. The van der Waals surface area contributed by atoms with Crippen LogP contribution in [0.25, 0.3) is 11.8 Å². The first-order valence-electron chi connectivity index (χ1n) is 12.3. The highest BCUT2D eigenvalue weighted by molar-refractivity contribution is 7.89. The zero-order valence-corrected chi connectivity index (χ0v) is 21.8. The van der Waals surface area contributed by atoms with Crippen molar-refractivity contribution < 1.29 is 17.6 Å². The molecule has 2 aliphatic rings. The van der Waals surface area contributed by atoms with Crippen LogP contribution in [-0.4, -0.2) is 50.9 Å². The fourth-order valence-corrected chi connectivity index (χ4v) is 6.97. The lowest BCUT2D eigenvalue weighted by molar-refractivity contribution is 0.0760. The number of imidazole rings is 1. The van der Waals surface area contributed by atoms with E-state index in [1.165, 1.54) is 16.4 Å². The van der Waals surface area contributed by atoms with Crippen LogP contribution in [0.3, 0.4) is 0 Å². The maximum atomic E-state index is 14.2. The van der Waals surface area contributed by atoms with Gasteiger partial charge in [0.15, 0.2) is 5.82 Å². The number of halogens is 1. The van der Waals surface area contributed by atoms with E-state index >= 15 is 0 Å². The second-order valence-electron chi connectivity index (χ2n) is 9.96. The average molecular weight is 532 g/mol. The molecule has 1 unspecified atom stereocenters. The molecule has 2 aromatic carbocycles. The van der Waals surface area contributed by atoms with Crippen LogP contribution in [0.2, 0.25) is 0 Å². The van der Waals surface area contributed by atoms with Gasteiger partial charge < -0.3 is 4.57 Å². The van der Waals surface area contributed by atoms with Gasteiger partial charge in [-0.25, -0.2) is 22.5 Å². The molecule has 0 N–H and O–H groups in total. The Balaban J connectivity index is 1.45. The van der Waals surface area contributed by atoms with Crippen molar-refractivity contribution in [1.29, 1.82) is 0 Å². The maximum absolute atomic E-state index is 14.2. The predicted molar refractivity (Wildman–Crippen MR) is 140 cm³/mol. The molecule has 1 fully saturated rings. The summed E-state index contributed by atoms with van der Waals surface area (Å²) in [4.78, 5) is 18.7. The normalized spacial score (nSPS) is 19.5. The van der Waals surface area contributed by atoms with E-state index in [-0.39, 0.29) is 41.8 Å². The van der Waals surface area contributed by atoms with E-state index in [2.05, 4.69) is 10.1 Å². The molecule has 38 heavy (non-hydrogen) atoms. The summed E-state index contributed by atoms with van der Waals surface area (Å²) < 4.78 is 45.7. The molecule has 2 aromatic heterocycles. The van der Waals surface area contributed by atoms with Gasteiger partial charge in [-0.05, 0) is 67.8 Å². The SMILES string of the molecule is Cc1ccc(S(=O)(=O)N2CCC3=Cc4c(cnn4-c4ccc(F)cc4)CC3(C(=O)c3nccn3C)C2)cc1. The molecule has 6 rings (SSSR count). The summed E-state index contributed by atoms with van der Waals surface area (Å²) >= 11 is 0. The predicted octanol–water partition coefficient (Wildman–Crippen LogP) is 3.96.